The van der Waals surface area contributed by atoms with E-state index in [0.717, 1.165) is 21.7 Å². The SMILES string of the molecule is CCOc1cc(/C=N/NC(=O)c2cc3ccccc3o2)cc(Cl)c1OCc1cccc2ccccc12. The van der Waals surface area contributed by atoms with Gasteiger partial charge >= 0.3 is 5.91 Å². The van der Waals surface area contributed by atoms with E-state index in [2.05, 4.69) is 28.7 Å². The van der Waals surface area contributed by atoms with Crippen molar-refractivity contribution in [2.24, 2.45) is 5.10 Å². The molecule has 0 radical (unpaired) electrons. The molecule has 0 saturated heterocycles. The summed E-state index contributed by atoms with van der Waals surface area (Å²) in [5.41, 5.74) is 4.81. The molecule has 0 aliphatic carbocycles. The lowest BCUT2D eigenvalue weighted by Crippen LogP contribution is -2.16. The van der Waals surface area contributed by atoms with E-state index in [0.29, 0.717) is 40.9 Å². The molecule has 0 atom stereocenters. The first-order valence-electron chi connectivity index (χ1n) is 11.5. The Morgan fingerprint density at radius 3 is 2.58 bits per heavy atom. The van der Waals surface area contributed by atoms with E-state index in [4.69, 9.17) is 25.5 Å². The highest BCUT2D eigenvalue weighted by atomic mass is 35.5. The molecule has 1 aromatic heterocycles. The molecule has 0 saturated carbocycles. The van der Waals surface area contributed by atoms with Crippen molar-refractivity contribution in [3.05, 3.63) is 107 Å². The van der Waals surface area contributed by atoms with Crippen LogP contribution in [0.1, 0.15) is 28.6 Å². The number of carbonyl (C=O) groups is 1. The van der Waals surface area contributed by atoms with Crippen molar-refractivity contribution in [1.29, 1.82) is 0 Å². The first kappa shape index (κ1) is 23.5. The van der Waals surface area contributed by atoms with Crippen molar-refractivity contribution in [1.82, 2.24) is 5.43 Å². The number of benzene rings is 4. The van der Waals surface area contributed by atoms with Gasteiger partial charge in [-0.15, -0.1) is 0 Å². The predicted molar refractivity (Wildman–Crippen MR) is 142 cm³/mol. The molecule has 6 nitrogen and oxygen atoms in total. The van der Waals surface area contributed by atoms with E-state index in [1.807, 2.05) is 49.4 Å². The molecular formula is C29H23ClN2O4. The monoisotopic (exact) mass is 498 g/mol. The van der Waals surface area contributed by atoms with Gasteiger partial charge in [-0.1, -0.05) is 72.3 Å². The zero-order valence-electron chi connectivity index (χ0n) is 19.5. The number of furan rings is 1. The lowest BCUT2D eigenvalue weighted by molar-refractivity contribution is 0.0929. The van der Waals surface area contributed by atoms with Crippen LogP contribution in [-0.4, -0.2) is 18.7 Å². The third-order valence-electron chi connectivity index (χ3n) is 5.61. The molecule has 5 aromatic rings. The maximum absolute atomic E-state index is 12.4. The molecule has 7 heteroatoms. The lowest BCUT2D eigenvalue weighted by Gasteiger charge is -2.15. The van der Waals surface area contributed by atoms with E-state index in [1.165, 1.54) is 6.21 Å². The second-order valence-corrected chi connectivity index (χ2v) is 8.44. The van der Waals surface area contributed by atoms with E-state index in [-0.39, 0.29) is 5.76 Å². The van der Waals surface area contributed by atoms with Gasteiger partial charge in [-0.2, -0.15) is 5.10 Å². The summed E-state index contributed by atoms with van der Waals surface area (Å²) in [6.07, 6.45) is 1.49. The fourth-order valence-electron chi connectivity index (χ4n) is 3.95. The van der Waals surface area contributed by atoms with Crippen LogP contribution in [0.3, 0.4) is 0 Å². The molecule has 1 amide bonds. The van der Waals surface area contributed by atoms with Crippen molar-refractivity contribution < 1.29 is 18.7 Å². The number of nitrogens with zero attached hydrogens (tertiary/aromatic N) is 1. The van der Waals surface area contributed by atoms with Gasteiger partial charge in [-0.25, -0.2) is 5.43 Å². The Bertz CT molecular complexity index is 1540. The largest absolute Gasteiger partial charge is 0.490 e. The van der Waals surface area contributed by atoms with Crippen LogP contribution >= 0.6 is 11.6 Å². The smallest absolute Gasteiger partial charge is 0.307 e. The summed E-state index contributed by atoms with van der Waals surface area (Å²) in [5, 5.41) is 7.54. The number of halogens is 1. The van der Waals surface area contributed by atoms with Gasteiger partial charge in [-0.3, -0.25) is 4.79 Å². The topological polar surface area (TPSA) is 73.1 Å². The van der Waals surface area contributed by atoms with Gasteiger partial charge in [0.25, 0.3) is 0 Å². The fraction of sp³-hybridized carbons (Fsp3) is 0.103. The first-order chi connectivity index (χ1) is 17.6. The maximum atomic E-state index is 12.4. The van der Waals surface area contributed by atoms with Gasteiger partial charge in [-0.05, 0) is 53.1 Å². The van der Waals surface area contributed by atoms with Crippen molar-refractivity contribution in [3.8, 4) is 11.5 Å². The zero-order chi connectivity index (χ0) is 24.9. The number of rotatable bonds is 8. The Kier molecular flexibility index (Phi) is 6.87. The number of hydrogen-bond acceptors (Lipinski definition) is 5. The molecule has 0 aliphatic rings. The van der Waals surface area contributed by atoms with Crippen LogP contribution in [0.25, 0.3) is 21.7 Å². The third-order valence-corrected chi connectivity index (χ3v) is 5.89. The van der Waals surface area contributed by atoms with Crippen LogP contribution in [0, 0.1) is 0 Å². The number of ether oxygens (including phenoxy) is 2. The number of para-hydroxylation sites is 1. The van der Waals surface area contributed by atoms with Gasteiger partial charge in [0.2, 0.25) is 0 Å². The van der Waals surface area contributed by atoms with Crippen LogP contribution < -0.4 is 14.9 Å². The maximum Gasteiger partial charge on any atom is 0.307 e. The molecule has 1 N–H and O–H groups in total. The van der Waals surface area contributed by atoms with Crippen LogP contribution in [0.15, 0.2) is 94.4 Å². The standard InChI is InChI=1S/C29H23ClN2O4/c1-2-34-26-15-19(17-31-32-29(33)27-16-21-9-4-6-13-25(21)36-27)14-24(30)28(26)35-18-22-11-7-10-20-8-3-5-12-23(20)22/h3-17H,2,18H2,1H3,(H,32,33)/b31-17+. The summed E-state index contributed by atoms with van der Waals surface area (Å²) in [5.74, 6) is 0.678. The zero-order valence-corrected chi connectivity index (χ0v) is 20.3. The molecule has 0 aliphatic heterocycles. The Labute approximate surface area is 213 Å². The van der Waals surface area contributed by atoms with Gasteiger partial charge in [0.15, 0.2) is 17.3 Å². The van der Waals surface area contributed by atoms with Gasteiger partial charge in [0, 0.05) is 5.39 Å². The number of carbonyl (C=O) groups excluding carboxylic acids is 1. The van der Waals surface area contributed by atoms with Gasteiger partial charge in [0.05, 0.1) is 17.8 Å². The van der Waals surface area contributed by atoms with Crippen molar-refractivity contribution >= 4 is 45.5 Å². The van der Waals surface area contributed by atoms with Crippen LogP contribution in [-0.2, 0) is 6.61 Å². The normalized spacial score (nSPS) is 11.3. The lowest BCUT2D eigenvalue weighted by atomic mass is 10.1. The fourth-order valence-corrected chi connectivity index (χ4v) is 4.22. The minimum Gasteiger partial charge on any atom is -0.490 e. The molecule has 180 valence electrons. The second kappa shape index (κ2) is 10.5. The third kappa shape index (κ3) is 5.04. The van der Waals surface area contributed by atoms with Crippen molar-refractivity contribution in [2.75, 3.05) is 6.61 Å². The number of amides is 1. The van der Waals surface area contributed by atoms with Crippen molar-refractivity contribution in [3.63, 3.8) is 0 Å². The van der Waals surface area contributed by atoms with E-state index < -0.39 is 5.91 Å². The van der Waals surface area contributed by atoms with Crippen LogP contribution in [0.5, 0.6) is 11.5 Å². The molecule has 36 heavy (non-hydrogen) atoms. The highest BCUT2D eigenvalue weighted by Gasteiger charge is 2.14. The van der Waals surface area contributed by atoms with Crippen molar-refractivity contribution in [2.45, 2.75) is 13.5 Å². The van der Waals surface area contributed by atoms with E-state index in [9.17, 15) is 4.79 Å². The van der Waals surface area contributed by atoms with Crippen LogP contribution in [0.2, 0.25) is 5.02 Å². The molecule has 0 spiro atoms. The molecular weight excluding hydrogens is 476 g/mol. The number of nitrogens with one attached hydrogen (secondary N) is 1. The Morgan fingerprint density at radius 1 is 0.972 bits per heavy atom. The Morgan fingerprint density at radius 2 is 1.75 bits per heavy atom. The minimum absolute atomic E-state index is 0.179. The molecule has 1 heterocycles. The van der Waals surface area contributed by atoms with Gasteiger partial charge < -0.3 is 13.9 Å². The van der Waals surface area contributed by atoms with Crippen LogP contribution in [0.4, 0.5) is 0 Å². The van der Waals surface area contributed by atoms with E-state index in [1.54, 1.807) is 24.3 Å². The molecule has 0 fully saturated rings. The number of hydrazone groups is 1. The quantitative estimate of drug-likeness (QED) is 0.185. The number of hydrogen-bond donors (Lipinski definition) is 1. The summed E-state index contributed by atoms with van der Waals surface area (Å²) in [6.45, 7) is 2.66. The summed E-state index contributed by atoms with van der Waals surface area (Å²) < 4.78 is 17.5. The average Bonchev–Trinajstić information content (AvgIpc) is 3.33. The Hall–Kier alpha value is -4.29. The number of fused-ring (bicyclic) bond motifs is 2. The highest BCUT2D eigenvalue weighted by Crippen LogP contribution is 2.37. The average molecular weight is 499 g/mol. The summed E-state index contributed by atoms with van der Waals surface area (Å²) in [7, 11) is 0. The summed E-state index contributed by atoms with van der Waals surface area (Å²) in [4.78, 5) is 12.4. The predicted octanol–water partition coefficient (Wildman–Crippen LogP) is 6.98. The highest BCUT2D eigenvalue weighted by molar-refractivity contribution is 6.32. The first-order valence-corrected chi connectivity index (χ1v) is 11.9. The molecule has 5 rings (SSSR count). The van der Waals surface area contributed by atoms with E-state index >= 15 is 0 Å². The summed E-state index contributed by atoms with van der Waals surface area (Å²) >= 11 is 6.57. The molecule has 4 aromatic carbocycles. The van der Waals surface area contributed by atoms with Gasteiger partial charge in [0.1, 0.15) is 12.2 Å². The summed E-state index contributed by atoms with van der Waals surface area (Å²) in [6, 6.07) is 26.8. The molecule has 0 unspecified atom stereocenters. The minimum atomic E-state index is -0.450. The second-order valence-electron chi connectivity index (χ2n) is 8.04. The molecule has 0 bridgehead atoms. The Balaban J connectivity index is 1.31.